The van der Waals surface area contributed by atoms with Gasteiger partial charge in [0, 0.05) is 23.9 Å². The predicted octanol–water partition coefficient (Wildman–Crippen LogP) is 8.69. The first kappa shape index (κ1) is 25.0. The van der Waals surface area contributed by atoms with Gasteiger partial charge in [-0.25, -0.2) is 0 Å². The van der Waals surface area contributed by atoms with Crippen molar-refractivity contribution in [2.45, 2.75) is 24.6 Å². The lowest BCUT2D eigenvalue weighted by Gasteiger charge is -2.28. The van der Waals surface area contributed by atoms with E-state index in [-0.39, 0.29) is 22.2 Å². The van der Waals surface area contributed by atoms with Crippen LogP contribution >= 0.6 is 23.2 Å². The fraction of sp³-hybridized carbons (Fsp3) is 0.182. The van der Waals surface area contributed by atoms with E-state index in [1.165, 1.54) is 6.07 Å². The van der Waals surface area contributed by atoms with E-state index in [4.69, 9.17) is 27.9 Å². The predicted molar refractivity (Wildman–Crippen MR) is 112 cm³/mol. The molecule has 0 heterocycles. The van der Waals surface area contributed by atoms with Crippen LogP contribution < -0.4 is 10.1 Å². The van der Waals surface area contributed by atoms with Crippen LogP contribution in [-0.4, -0.2) is 12.1 Å². The van der Waals surface area contributed by atoms with Crippen molar-refractivity contribution in [1.82, 2.24) is 0 Å². The molecular weight excluding hydrogens is 498 g/mol. The highest BCUT2D eigenvalue weighted by atomic mass is 35.5. The molecule has 0 fully saturated rings. The fourth-order valence-electron chi connectivity index (χ4n) is 2.80. The Labute approximate surface area is 193 Å². The molecule has 176 valence electrons. The van der Waals surface area contributed by atoms with Crippen LogP contribution in [0.3, 0.4) is 0 Å². The zero-order valence-electron chi connectivity index (χ0n) is 16.4. The fourth-order valence-corrected chi connectivity index (χ4v) is 3.13. The third-order valence-electron chi connectivity index (χ3n) is 4.51. The molecule has 11 heteroatoms. The van der Waals surface area contributed by atoms with Gasteiger partial charge in [-0.1, -0.05) is 53.5 Å². The van der Waals surface area contributed by atoms with Gasteiger partial charge in [0.25, 0.3) is 0 Å². The van der Waals surface area contributed by atoms with E-state index in [1.807, 2.05) is 0 Å². The number of anilines is 1. The SMILES string of the molecule is FC(F)(F)C(F)(F)C(F)(F)c1cccc(CNc2cccc(Oc3cccc(Cl)c3Cl)c2)c1. The number of hydrogen-bond donors (Lipinski definition) is 1. The summed E-state index contributed by atoms with van der Waals surface area (Å²) in [7, 11) is 0. The summed E-state index contributed by atoms with van der Waals surface area (Å²) in [5, 5.41) is 3.36. The Morgan fingerprint density at radius 2 is 1.45 bits per heavy atom. The molecule has 0 unspecified atom stereocenters. The molecule has 1 N–H and O–H groups in total. The number of ether oxygens (including phenoxy) is 1. The minimum atomic E-state index is -6.41. The Bertz CT molecular complexity index is 1140. The van der Waals surface area contributed by atoms with Crippen LogP contribution in [0.5, 0.6) is 11.5 Å². The highest BCUT2D eigenvalue weighted by Crippen LogP contribution is 2.51. The van der Waals surface area contributed by atoms with Crippen molar-refractivity contribution < 1.29 is 35.5 Å². The van der Waals surface area contributed by atoms with Gasteiger partial charge in [0.2, 0.25) is 0 Å². The Morgan fingerprint density at radius 1 is 0.788 bits per heavy atom. The minimum absolute atomic E-state index is 0.0642. The molecule has 0 aliphatic carbocycles. The second kappa shape index (κ2) is 9.30. The second-order valence-electron chi connectivity index (χ2n) is 6.88. The number of halogens is 9. The monoisotopic (exact) mass is 511 g/mol. The molecule has 0 atom stereocenters. The zero-order chi connectivity index (χ0) is 24.4. The van der Waals surface area contributed by atoms with Crippen molar-refractivity contribution >= 4 is 28.9 Å². The number of nitrogens with one attached hydrogen (secondary N) is 1. The summed E-state index contributed by atoms with van der Waals surface area (Å²) in [6.45, 7) is -0.136. The van der Waals surface area contributed by atoms with Crippen molar-refractivity contribution in [2.24, 2.45) is 0 Å². The zero-order valence-corrected chi connectivity index (χ0v) is 17.9. The highest BCUT2D eigenvalue weighted by Gasteiger charge is 2.73. The summed E-state index contributed by atoms with van der Waals surface area (Å²) < 4.78 is 97.6. The highest BCUT2D eigenvalue weighted by molar-refractivity contribution is 6.42. The topological polar surface area (TPSA) is 21.3 Å². The van der Waals surface area contributed by atoms with Crippen molar-refractivity contribution in [3.8, 4) is 11.5 Å². The Morgan fingerprint density at radius 3 is 2.15 bits per heavy atom. The number of rotatable bonds is 7. The van der Waals surface area contributed by atoms with Crippen LogP contribution in [0.1, 0.15) is 11.1 Å². The number of benzene rings is 3. The standard InChI is InChI=1S/C22H14Cl2F7NO/c23-17-8-3-9-18(19(17)24)33-16-7-2-6-15(11-16)32-12-13-4-1-5-14(10-13)20(25,26)21(27,28)22(29,30)31/h1-11,32H,12H2. The molecule has 0 aliphatic heterocycles. The maximum atomic E-state index is 14.0. The molecule has 2 nitrogen and oxygen atoms in total. The van der Waals surface area contributed by atoms with Crippen molar-refractivity contribution in [2.75, 3.05) is 5.32 Å². The van der Waals surface area contributed by atoms with E-state index in [0.717, 1.165) is 6.07 Å². The average molecular weight is 512 g/mol. The summed E-state index contributed by atoms with van der Waals surface area (Å²) >= 11 is 12.0. The normalized spacial score (nSPS) is 12.5. The maximum absolute atomic E-state index is 14.0. The first-order valence-corrected chi connectivity index (χ1v) is 9.96. The van der Waals surface area contributed by atoms with E-state index in [1.54, 1.807) is 42.5 Å². The molecule has 3 rings (SSSR count). The third kappa shape index (κ3) is 5.30. The quantitative estimate of drug-likeness (QED) is 0.320. The first-order chi connectivity index (χ1) is 15.3. The van der Waals surface area contributed by atoms with Crippen molar-refractivity contribution in [1.29, 1.82) is 0 Å². The molecule has 33 heavy (non-hydrogen) atoms. The van der Waals surface area contributed by atoms with Gasteiger partial charge in [0.15, 0.2) is 0 Å². The Balaban J connectivity index is 1.75. The van der Waals surface area contributed by atoms with Gasteiger partial charge >= 0.3 is 18.0 Å². The van der Waals surface area contributed by atoms with Gasteiger partial charge < -0.3 is 10.1 Å². The third-order valence-corrected chi connectivity index (χ3v) is 5.32. The maximum Gasteiger partial charge on any atom is 0.460 e. The smallest absolute Gasteiger partial charge is 0.456 e. The lowest BCUT2D eigenvalue weighted by molar-refractivity contribution is -0.359. The van der Waals surface area contributed by atoms with Crippen LogP contribution in [0.25, 0.3) is 0 Å². The van der Waals surface area contributed by atoms with Crippen LogP contribution in [0.2, 0.25) is 10.0 Å². The van der Waals surface area contributed by atoms with E-state index < -0.39 is 23.6 Å². The summed E-state index contributed by atoms with van der Waals surface area (Å²) in [6.07, 6.45) is -6.41. The molecule has 3 aromatic rings. The number of alkyl halides is 7. The van der Waals surface area contributed by atoms with Crippen LogP contribution in [0.4, 0.5) is 36.4 Å². The van der Waals surface area contributed by atoms with E-state index in [2.05, 4.69) is 5.32 Å². The Kier molecular flexibility index (Phi) is 7.04. The van der Waals surface area contributed by atoms with Crippen LogP contribution in [0, 0.1) is 0 Å². The molecule has 0 bridgehead atoms. The molecule has 0 radical (unpaired) electrons. The lowest BCUT2D eigenvalue weighted by atomic mass is 9.99. The average Bonchev–Trinajstić information content (AvgIpc) is 2.75. The van der Waals surface area contributed by atoms with Gasteiger partial charge in [0.05, 0.1) is 5.02 Å². The molecule has 0 aliphatic rings. The van der Waals surface area contributed by atoms with Crippen LogP contribution in [-0.2, 0) is 12.5 Å². The van der Waals surface area contributed by atoms with Gasteiger partial charge in [-0.2, -0.15) is 30.7 Å². The summed E-state index contributed by atoms with van der Waals surface area (Å²) in [5.74, 6) is -11.0. The van der Waals surface area contributed by atoms with E-state index in [0.29, 0.717) is 29.3 Å². The van der Waals surface area contributed by atoms with Crippen molar-refractivity contribution in [3.05, 3.63) is 87.9 Å². The van der Waals surface area contributed by atoms with Gasteiger partial charge in [-0.05, 0) is 35.9 Å². The second-order valence-corrected chi connectivity index (χ2v) is 7.67. The molecule has 3 aromatic carbocycles. The molecule has 0 spiro atoms. The van der Waals surface area contributed by atoms with Crippen molar-refractivity contribution in [3.63, 3.8) is 0 Å². The van der Waals surface area contributed by atoms with E-state index in [9.17, 15) is 30.7 Å². The Hall–Kier alpha value is -2.65. The van der Waals surface area contributed by atoms with Crippen LogP contribution in [0.15, 0.2) is 66.7 Å². The number of hydrogen-bond acceptors (Lipinski definition) is 2. The molecule has 0 aromatic heterocycles. The molecule has 0 amide bonds. The molecule has 0 saturated heterocycles. The molecule has 0 saturated carbocycles. The largest absolute Gasteiger partial charge is 0.460 e. The van der Waals surface area contributed by atoms with Gasteiger partial charge in [-0.15, -0.1) is 0 Å². The van der Waals surface area contributed by atoms with Gasteiger partial charge in [-0.3, -0.25) is 0 Å². The first-order valence-electron chi connectivity index (χ1n) is 9.20. The lowest BCUT2D eigenvalue weighted by Crippen LogP contribution is -2.50. The summed E-state index contributed by atoms with van der Waals surface area (Å²) in [4.78, 5) is 0. The summed E-state index contributed by atoms with van der Waals surface area (Å²) in [5.41, 5.74) is -0.922. The minimum Gasteiger partial charge on any atom is -0.456 e. The summed E-state index contributed by atoms with van der Waals surface area (Å²) in [6, 6.07) is 14.6. The van der Waals surface area contributed by atoms with Gasteiger partial charge in [0.1, 0.15) is 16.5 Å². The molecular formula is C22H14Cl2F7NO. The van der Waals surface area contributed by atoms with E-state index >= 15 is 0 Å².